The Morgan fingerprint density at radius 2 is 2.00 bits per heavy atom. The summed E-state index contributed by atoms with van der Waals surface area (Å²) in [6.07, 6.45) is 3.07. The van der Waals surface area contributed by atoms with Crippen LogP contribution >= 0.6 is 0 Å². The summed E-state index contributed by atoms with van der Waals surface area (Å²) in [5, 5.41) is 5.58. The molecular formula is C14H24N2O. The number of rotatable bonds is 1. The predicted molar refractivity (Wildman–Crippen MR) is 74.5 cm³/mol. The standard InChI is InChI=1S/C9H11N.C3H8.C2H5NO/c1-7-2-3-9-8(6-7)4-5-10-9;1-3-2;1-3-2-4/h2-3,6,10H,4-5H2,1H3;3H2,1-2H3;2H,1H3,(H,3,4). The number of amides is 1. The first-order valence-corrected chi connectivity index (χ1v) is 6.13. The average molecular weight is 236 g/mol. The zero-order chi connectivity index (χ0) is 13.1. The number of carbonyl (C=O) groups excluding carboxylic acids is 1. The van der Waals surface area contributed by atoms with Gasteiger partial charge in [-0.25, -0.2) is 0 Å². The van der Waals surface area contributed by atoms with E-state index in [2.05, 4.69) is 49.6 Å². The van der Waals surface area contributed by atoms with E-state index < -0.39 is 0 Å². The summed E-state index contributed by atoms with van der Waals surface area (Å²) in [5.74, 6) is 0. The maximum Gasteiger partial charge on any atom is 0.206 e. The molecule has 0 fully saturated rings. The van der Waals surface area contributed by atoms with Gasteiger partial charge in [-0.1, -0.05) is 38.0 Å². The van der Waals surface area contributed by atoms with E-state index in [9.17, 15) is 0 Å². The van der Waals surface area contributed by atoms with Crippen LogP contribution in [0.4, 0.5) is 5.69 Å². The fourth-order valence-corrected chi connectivity index (χ4v) is 1.43. The van der Waals surface area contributed by atoms with Crippen LogP contribution < -0.4 is 10.6 Å². The monoisotopic (exact) mass is 236 g/mol. The third-order valence-corrected chi connectivity index (χ3v) is 2.09. The van der Waals surface area contributed by atoms with Crippen LogP contribution in [0.15, 0.2) is 18.2 Å². The highest BCUT2D eigenvalue weighted by Gasteiger charge is 2.07. The van der Waals surface area contributed by atoms with Crippen LogP contribution in [0.5, 0.6) is 0 Å². The topological polar surface area (TPSA) is 41.1 Å². The smallest absolute Gasteiger partial charge is 0.206 e. The highest BCUT2D eigenvalue weighted by Crippen LogP contribution is 2.22. The van der Waals surface area contributed by atoms with E-state index in [0.29, 0.717) is 6.41 Å². The molecule has 17 heavy (non-hydrogen) atoms. The van der Waals surface area contributed by atoms with Gasteiger partial charge in [-0.05, 0) is 25.0 Å². The molecule has 3 heteroatoms. The lowest BCUT2D eigenvalue weighted by atomic mass is 10.1. The van der Waals surface area contributed by atoms with Gasteiger partial charge in [-0.2, -0.15) is 0 Å². The average Bonchev–Trinajstić information content (AvgIpc) is 2.77. The molecule has 0 unspecified atom stereocenters. The van der Waals surface area contributed by atoms with E-state index in [1.165, 1.54) is 29.7 Å². The zero-order valence-electron chi connectivity index (χ0n) is 11.3. The number of fused-ring (bicyclic) bond motifs is 1. The third kappa shape index (κ3) is 6.61. The highest BCUT2D eigenvalue weighted by molar-refractivity contribution is 5.56. The lowest BCUT2D eigenvalue weighted by molar-refractivity contribution is -0.109. The molecule has 2 N–H and O–H groups in total. The van der Waals surface area contributed by atoms with Gasteiger partial charge in [-0.3, -0.25) is 4.79 Å². The molecule has 2 rings (SSSR count). The number of anilines is 1. The summed E-state index contributed by atoms with van der Waals surface area (Å²) in [4.78, 5) is 9.06. The normalized spacial score (nSPS) is 10.8. The Morgan fingerprint density at radius 1 is 1.41 bits per heavy atom. The van der Waals surface area contributed by atoms with Crippen molar-refractivity contribution >= 4 is 12.1 Å². The first kappa shape index (κ1) is 15.5. The Hall–Kier alpha value is -1.51. The maximum atomic E-state index is 9.06. The predicted octanol–water partition coefficient (Wildman–Crippen LogP) is 2.74. The van der Waals surface area contributed by atoms with Gasteiger partial charge in [0.15, 0.2) is 0 Å². The Morgan fingerprint density at radius 3 is 2.53 bits per heavy atom. The number of nitrogens with one attached hydrogen (secondary N) is 2. The molecule has 1 aliphatic heterocycles. The molecule has 1 aromatic carbocycles. The summed E-state index contributed by atoms with van der Waals surface area (Å²) >= 11 is 0. The van der Waals surface area contributed by atoms with Gasteiger partial charge < -0.3 is 10.6 Å². The van der Waals surface area contributed by atoms with Crippen molar-refractivity contribution in [2.24, 2.45) is 0 Å². The fourth-order valence-electron chi connectivity index (χ4n) is 1.43. The summed E-state index contributed by atoms with van der Waals surface area (Å²) in [6, 6.07) is 6.57. The van der Waals surface area contributed by atoms with E-state index in [4.69, 9.17) is 4.79 Å². The van der Waals surface area contributed by atoms with E-state index in [1.807, 2.05) is 0 Å². The van der Waals surface area contributed by atoms with Gasteiger partial charge in [0, 0.05) is 19.3 Å². The zero-order valence-corrected chi connectivity index (χ0v) is 11.3. The minimum atomic E-state index is 0.625. The molecule has 0 aromatic heterocycles. The molecule has 1 aliphatic rings. The molecule has 0 saturated carbocycles. The maximum absolute atomic E-state index is 9.06. The van der Waals surface area contributed by atoms with Gasteiger partial charge in [0.1, 0.15) is 0 Å². The Bertz CT molecular complexity index is 324. The van der Waals surface area contributed by atoms with Crippen molar-refractivity contribution < 1.29 is 4.79 Å². The van der Waals surface area contributed by atoms with Crippen LogP contribution in [-0.4, -0.2) is 20.0 Å². The molecule has 0 bridgehead atoms. The van der Waals surface area contributed by atoms with E-state index >= 15 is 0 Å². The first-order chi connectivity index (χ1) is 8.19. The summed E-state index contributed by atoms with van der Waals surface area (Å²) in [7, 11) is 1.56. The Balaban J connectivity index is 0.000000311. The molecule has 0 atom stereocenters. The quantitative estimate of drug-likeness (QED) is 0.736. The molecule has 1 aromatic rings. The van der Waals surface area contributed by atoms with Gasteiger partial charge in [0.25, 0.3) is 0 Å². The number of benzene rings is 1. The lowest BCUT2D eigenvalue weighted by Gasteiger charge is -1.98. The van der Waals surface area contributed by atoms with Crippen molar-refractivity contribution in [1.82, 2.24) is 5.32 Å². The molecule has 0 spiro atoms. The molecule has 1 amide bonds. The molecule has 1 heterocycles. The number of hydrogen-bond acceptors (Lipinski definition) is 2. The van der Waals surface area contributed by atoms with Crippen molar-refractivity contribution in [3.8, 4) is 0 Å². The highest BCUT2D eigenvalue weighted by atomic mass is 16.1. The minimum absolute atomic E-state index is 0.625. The van der Waals surface area contributed by atoms with Gasteiger partial charge >= 0.3 is 0 Å². The second-order valence-electron chi connectivity index (χ2n) is 3.95. The summed E-state index contributed by atoms with van der Waals surface area (Å²) in [6.45, 7) is 7.50. The number of aryl methyl sites for hydroxylation is 1. The second kappa shape index (κ2) is 9.70. The second-order valence-corrected chi connectivity index (χ2v) is 3.95. The minimum Gasteiger partial charge on any atom is -0.384 e. The summed E-state index contributed by atoms with van der Waals surface area (Å²) in [5.41, 5.74) is 4.16. The SMILES string of the molecule is CCC.CNC=O.Cc1ccc2c(c1)CCN2. The molecule has 0 saturated heterocycles. The van der Waals surface area contributed by atoms with Crippen molar-refractivity contribution in [2.45, 2.75) is 33.6 Å². The van der Waals surface area contributed by atoms with Crippen molar-refractivity contribution in [2.75, 3.05) is 18.9 Å². The molecule has 0 radical (unpaired) electrons. The number of hydrogen-bond donors (Lipinski definition) is 2. The largest absolute Gasteiger partial charge is 0.384 e. The van der Waals surface area contributed by atoms with Crippen molar-refractivity contribution in [1.29, 1.82) is 0 Å². The van der Waals surface area contributed by atoms with Gasteiger partial charge in [0.2, 0.25) is 6.41 Å². The fraction of sp³-hybridized carbons (Fsp3) is 0.500. The van der Waals surface area contributed by atoms with Gasteiger partial charge in [-0.15, -0.1) is 0 Å². The van der Waals surface area contributed by atoms with Crippen LogP contribution in [0.3, 0.4) is 0 Å². The molecular weight excluding hydrogens is 212 g/mol. The van der Waals surface area contributed by atoms with Crippen molar-refractivity contribution in [3.63, 3.8) is 0 Å². The van der Waals surface area contributed by atoms with E-state index in [-0.39, 0.29) is 0 Å². The lowest BCUT2D eigenvalue weighted by Crippen LogP contribution is -1.98. The van der Waals surface area contributed by atoms with Crippen LogP contribution in [0, 0.1) is 6.92 Å². The van der Waals surface area contributed by atoms with Gasteiger partial charge in [0.05, 0.1) is 0 Å². The van der Waals surface area contributed by atoms with Crippen LogP contribution in [0.1, 0.15) is 31.4 Å². The molecule has 3 nitrogen and oxygen atoms in total. The molecule has 0 aliphatic carbocycles. The van der Waals surface area contributed by atoms with Crippen LogP contribution in [0.25, 0.3) is 0 Å². The van der Waals surface area contributed by atoms with E-state index in [1.54, 1.807) is 7.05 Å². The Labute approximate surface area is 105 Å². The summed E-state index contributed by atoms with van der Waals surface area (Å²) < 4.78 is 0. The van der Waals surface area contributed by atoms with Crippen molar-refractivity contribution in [3.05, 3.63) is 29.3 Å². The Kier molecular flexibility index (Phi) is 8.84. The first-order valence-electron chi connectivity index (χ1n) is 6.13. The third-order valence-electron chi connectivity index (χ3n) is 2.09. The molecule has 96 valence electrons. The number of carbonyl (C=O) groups is 1. The van der Waals surface area contributed by atoms with E-state index in [0.717, 1.165) is 6.54 Å². The van der Waals surface area contributed by atoms with Crippen LogP contribution in [0.2, 0.25) is 0 Å². The van der Waals surface area contributed by atoms with Crippen LogP contribution in [-0.2, 0) is 11.2 Å².